The molecule has 2 aromatic heterocycles. The van der Waals surface area contributed by atoms with Crippen molar-refractivity contribution >= 4 is 16.9 Å². The number of para-hydroxylation sites is 1. The second-order valence-electron chi connectivity index (χ2n) is 3.93. The van der Waals surface area contributed by atoms with Crippen LogP contribution in [0.2, 0.25) is 0 Å². The normalized spacial score (nSPS) is 10.9. The second-order valence-corrected chi connectivity index (χ2v) is 3.93. The van der Waals surface area contributed by atoms with Crippen molar-refractivity contribution in [3.63, 3.8) is 0 Å². The molecule has 3 aromatic rings. The zero-order valence-electron chi connectivity index (χ0n) is 9.41. The number of aromatic carboxylic acids is 1. The molecule has 0 unspecified atom stereocenters. The molecule has 2 heterocycles. The number of carbonyl (C=O) groups is 1. The Hall–Kier alpha value is -2.56. The average Bonchev–Trinajstić information content (AvgIpc) is 2.98. The van der Waals surface area contributed by atoms with Gasteiger partial charge in [-0.2, -0.15) is 5.10 Å². The number of fused-ring (bicyclic) bond motifs is 1. The first kappa shape index (κ1) is 10.6. The number of furan rings is 1. The zero-order chi connectivity index (χ0) is 12.5. The summed E-state index contributed by atoms with van der Waals surface area (Å²) < 4.78 is 6.98. The number of hydrogen-bond donors (Lipinski definition) is 1. The van der Waals surface area contributed by atoms with Crippen LogP contribution in [0.4, 0.5) is 0 Å². The van der Waals surface area contributed by atoms with E-state index in [4.69, 9.17) is 9.52 Å². The molecule has 0 fully saturated rings. The van der Waals surface area contributed by atoms with Gasteiger partial charge in [-0.15, -0.1) is 0 Å². The summed E-state index contributed by atoms with van der Waals surface area (Å²) in [5.74, 6) is -0.547. The molecule has 0 saturated heterocycles. The molecule has 0 saturated carbocycles. The number of carboxylic acids is 1. The number of aromatic nitrogens is 2. The lowest BCUT2D eigenvalue weighted by Gasteiger charge is -2.00. The third-order valence-electron chi connectivity index (χ3n) is 2.73. The summed E-state index contributed by atoms with van der Waals surface area (Å²) in [4.78, 5) is 10.7. The van der Waals surface area contributed by atoms with Crippen LogP contribution >= 0.6 is 0 Å². The fourth-order valence-corrected chi connectivity index (χ4v) is 1.88. The van der Waals surface area contributed by atoms with Gasteiger partial charge < -0.3 is 9.52 Å². The van der Waals surface area contributed by atoms with Crippen LogP contribution in [-0.2, 0) is 6.54 Å². The van der Waals surface area contributed by atoms with E-state index in [2.05, 4.69) is 5.10 Å². The Morgan fingerprint density at radius 2 is 2.11 bits per heavy atom. The molecule has 0 aliphatic heterocycles. The first-order valence-corrected chi connectivity index (χ1v) is 5.46. The van der Waals surface area contributed by atoms with Crippen molar-refractivity contribution in [1.29, 1.82) is 0 Å². The Balaban J connectivity index is 1.93. The lowest BCUT2D eigenvalue weighted by molar-refractivity contribution is 0.0660. The van der Waals surface area contributed by atoms with Gasteiger partial charge >= 0.3 is 5.97 Å². The van der Waals surface area contributed by atoms with Crippen LogP contribution in [0.1, 0.15) is 16.3 Å². The Morgan fingerprint density at radius 1 is 1.28 bits per heavy atom. The fraction of sp³-hybridized carbons (Fsp3) is 0.0769. The summed E-state index contributed by atoms with van der Waals surface area (Å²) in [6.45, 7) is 0.417. The van der Waals surface area contributed by atoms with Crippen molar-refractivity contribution < 1.29 is 14.3 Å². The molecule has 5 nitrogen and oxygen atoms in total. The van der Waals surface area contributed by atoms with Crippen molar-refractivity contribution in [1.82, 2.24) is 9.78 Å². The third-order valence-corrected chi connectivity index (χ3v) is 2.73. The molecule has 0 aliphatic rings. The lowest BCUT2D eigenvalue weighted by Crippen LogP contribution is -2.00. The summed E-state index contributed by atoms with van der Waals surface area (Å²) in [7, 11) is 0. The molecular weight excluding hydrogens is 232 g/mol. The molecule has 0 amide bonds. The SMILES string of the molecule is O=C(O)c1ccc(Cn2ncc3ccccc32)o1. The molecule has 18 heavy (non-hydrogen) atoms. The van der Waals surface area contributed by atoms with E-state index in [0.29, 0.717) is 12.3 Å². The van der Waals surface area contributed by atoms with E-state index in [1.165, 1.54) is 6.07 Å². The average molecular weight is 242 g/mol. The highest BCUT2D eigenvalue weighted by Crippen LogP contribution is 2.15. The van der Waals surface area contributed by atoms with Gasteiger partial charge in [-0.1, -0.05) is 18.2 Å². The van der Waals surface area contributed by atoms with Crippen LogP contribution in [0.15, 0.2) is 47.0 Å². The molecule has 3 rings (SSSR count). The summed E-state index contributed by atoms with van der Waals surface area (Å²) in [6.07, 6.45) is 1.77. The van der Waals surface area contributed by atoms with E-state index in [-0.39, 0.29) is 5.76 Å². The largest absolute Gasteiger partial charge is 0.475 e. The van der Waals surface area contributed by atoms with Gasteiger partial charge in [0.05, 0.1) is 18.3 Å². The van der Waals surface area contributed by atoms with Crippen molar-refractivity contribution in [2.75, 3.05) is 0 Å². The number of carboxylic acid groups (broad SMARTS) is 1. The maximum Gasteiger partial charge on any atom is 0.371 e. The van der Waals surface area contributed by atoms with E-state index in [9.17, 15) is 4.79 Å². The monoisotopic (exact) mass is 242 g/mol. The van der Waals surface area contributed by atoms with Crippen LogP contribution in [0.5, 0.6) is 0 Å². The molecule has 0 spiro atoms. The van der Waals surface area contributed by atoms with E-state index in [0.717, 1.165) is 10.9 Å². The standard InChI is InChI=1S/C13H10N2O3/c16-13(17)12-6-5-10(18-12)8-15-11-4-2-1-3-9(11)7-14-15/h1-7H,8H2,(H,16,17). The number of hydrogen-bond acceptors (Lipinski definition) is 3. The molecule has 0 bridgehead atoms. The quantitative estimate of drug-likeness (QED) is 0.765. The molecule has 5 heteroatoms. The van der Waals surface area contributed by atoms with Gasteiger partial charge in [0, 0.05) is 5.39 Å². The van der Waals surface area contributed by atoms with Gasteiger partial charge in [-0.3, -0.25) is 4.68 Å². The van der Waals surface area contributed by atoms with Gasteiger partial charge in [0.2, 0.25) is 5.76 Å². The second kappa shape index (κ2) is 4.03. The highest BCUT2D eigenvalue weighted by atomic mass is 16.4. The smallest absolute Gasteiger partial charge is 0.371 e. The summed E-state index contributed by atoms with van der Waals surface area (Å²) in [5, 5.41) is 14.1. The third kappa shape index (κ3) is 1.75. The van der Waals surface area contributed by atoms with E-state index in [1.807, 2.05) is 24.3 Å². The van der Waals surface area contributed by atoms with Crippen molar-refractivity contribution in [3.05, 3.63) is 54.1 Å². The Kier molecular flexibility index (Phi) is 2.37. The van der Waals surface area contributed by atoms with Gasteiger partial charge in [-0.25, -0.2) is 4.79 Å². The number of nitrogens with zero attached hydrogens (tertiary/aromatic N) is 2. The molecule has 90 valence electrons. The molecule has 0 radical (unpaired) electrons. The first-order valence-electron chi connectivity index (χ1n) is 5.46. The minimum Gasteiger partial charge on any atom is -0.475 e. The minimum absolute atomic E-state index is 0.0542. The Bertz CT molecular complexity index is 712. The number of rotatable bonds is 3. The zero-order valence-corrected chi connectivity index (χ0v) is 9.41. The summed E-state index contributed by atoms with van der Waals surface area (Å²) in [6, 6.07) is 10.9. The van der Waals surface area contributed by atoms with Crippen LogP contribution in [0, 0.1) is 0 Å². The molecular formula is C13H10N2O3. The highest BCUT2D eigenvalue weighted by Gasteiger charge is 2.10. The maximum absolute atomic E-state index is 10.7. The Labute approximate surface area is 102 Å². The molecule has 1 N–H and O–H groups in total. The lowest BCUT2D eigenvalue weighted by atomic mass is 10.2. The molecule has 1 aromatic carbocycles. The molecule has 0 aliphatic carbocycles. The van der Waals surface area contributed by atoms with Crippen LogP contribution < -0.4 is 0 Å². The topological polar surface area (TPSA) is 68.3 Å². The van der Waals surface area contributed by atoms with Gasteiger partial charge in [0.25, 0.3) is 0 Å². The van der Waals surface area contributed by atoms with Gasteiger partial charge in [-0.05, 0) is 18.2 Å². The summed E-state index contributed by atoms with van der Waals surface area (Å²) in [5.41, 5.74) is 0.991. The van der Waals surface area contributed by atoms with Crippen molar-refractivity contribution in [2.45, 2.75) is 6.54 Å². The van der Waals surface area contributed by atoms with Crippen molar-refractivity contribution in [3.8, 4) is 0 Å². The van der Waals surface area contributed by atoms with Crippen LogP contribution in [-0.4, -0.2) is 20.9 Å². The number of benzene rings is 1. The van der Waals surface area contributed by atoms with E-state index in [1.54, 1.807) is 16.9 Å². The minimum atomic E-state index is -1.06. The summed E-state index contributed by atoms with van der Waals surface area (Å²) >= 11 is 0. The maximum atomic E-state index is 10.7. The molecule has 0 atom stereocenters. The van der Waals surface area contributed by atoms with E-state index >= 15 is 0 Å². The van der Waals surface area contributed by atoms with Crippen LogP contribution in [0.25, 0.3) is 10.9 Å². The van der Waals surface area contributed by atoms with Crippen LogP contribution in [0.3, 0.4) is 0 Å². The predicted octanol–water partition coefficient (Wildman–Crippen LogP) is 2.38. The Morgan fingerprint density at radius 3 is 2.89 bits per heavy atom. The van der Waals surface area contributed by atoms with Gasteiger partial charge in [0.15, 0.2) is 0 Å². The van der Waals surface area contributed by atoms with Gasteiger partial charge in [0.1, 0.15) is 5.76 Å². The predicted molar refractivity (Wildman–Crippen MR) is 64.5 cm³/mol. The first-order chi connectivity index (χ1) is 8.74. The van der Waals surface area contributed by atoms with Crippen molar-refractivity contribution in [2.24, 2.45) is 0 Å². The highest BCUT2D eigenvalue weighted by molar-refractivity contribution is 5.84. The fourth-order valence-electron chi connectivity index (χ4n) is 1.88. The van der Waals surface area contributed by atoms with E-state index < -0.39 is 5.97 Å².